The quantitative estimate of drug-likeness (QED) is 0.516. The number of amides is 1. The van der Waals surface area contributed by atoms with Crippen LogP contribution in [0.25, 0.3) is 6.08 Å². The molecular formula is C21H20FNO5S. The number of ether oxygens (including phenoxy) is 2. The minimum absolute atomic E-state index is 0.238. The minimum Gasteiger partial charge on any atom is -0.462 e. The summed E-state index contributed by atoms with van der Waals surface area (Å²) in [6.45, 7) is 1.45. The molecule has 6 nitrogen and oxygen atoms in total. The molecule has 1 aliphatic rings. The average Bonchev–Trinajstić information content (AvgIpc) is 3.45. The highest BCUT2D eigenvalue weighted by Crippen LogP contribution is 2.46. The van der Waals surface area contributed by atoms with Gasteiger partial charge in [-0.05, 0) is 60.4 Å². The molecule has 1 fully saturated rings. The fourth-order valence-electron chi connectivity index (χ4n) is 2.69. The van der Waals surface area contributed by atoms with Gasteiger partial charge in [0, 0.05) is 6.08 Å². The van der Waals surface area contributed by atoms with Gasteiger partial charge in [-0.25, -0.2) is 14.0 Å². The van der Waals surface area contributed by atoms with Gasteiger partial charge in [0.2, 0.25) is 0 Å². The lowest BCUT2D eigenvalue weighted by Crippen LogP contribution is -2.21. The van der Waals surface area contributed by atoms with Crippen molar-refractivity contribution in [3.63, 3.8) is 0 Å². The SMILES string of the molecule is CCOC(=O)c1c(C2CC2)csc1NC(=O)COC(=O)/C=C/c1cccc(F)c1. The van der Waals surface area contributed by atoms with Crippen LogP contribution in [0.4, 0.5) is 9.39 Å². The maximum atomic E-state index is 13.1. The number of carbonyl (C=O) groups is 3. The van der Waals surface area contributed by atoms with Crippen molar-refractivity contribution in [3.8, 4) is 0 Å². The molecule has 1 N–H and O–H groups in total. The van der Waals surface area contributed by atoms with E-state index in [9.17, 15) is 18.8 Å². The Hall–Kier alpha value is -3.00. The first-order valence-electron chi connectivity index (χ1n) is 9.16. The van der Waals surface area contributed by atoms with Gasteiger partial charge >= 0.3 is 11.9 Å². The van der Waals surface area contributed by atoms with Crippen LogP contribution in [0, 0.1) is 5.82 Å². The third kappa shape index (κ3) is 5.74. The summed E-state index contributed by atoms with van der Waals surface area (Å²) in [6, 6.07) is 5.71. The molecule has 1 aromatic carbocycles. The number of halogens is 1. The lowest BCUT2D eigenvalue weighted by Gasteiger charge is -2.08. The number of rotatable bonds is 8. The highest BCUT2D eigenvalue weighted by molar-refractivity contribution is 7.15. The molecule has 3 rings (SSSR count). The van der Waals surface area contributed by atoms with Crippen LogP contribution in [-0.2, 0) is 19.1 Å². The summed E-state index contributed by atoms with van der Waals surface area (Å²) >= 11 is 1.25. The van der Waals surface area contributed by atoms with Crippen molar-refractivity contribution in [1.82, 2.24) is 0 Å². The standard InChI is InChI=1S/C21H20FNO5S/c1-2-27-21(26)19-16(14-7-8-14)12-29-20(19)23-17(24)11-28-18(25)9-6-13-4-3-5-15(22)10-13/h3-6,9-10,12,14H,2,7-8,11H2,1H3,(H,23,24)/b9-6+. The Morgan fingerprint density at radius 1 is 1.28 bits per heavy atom. The molecule has 29 heavy (non-hydrogen) atoms. The first kappa shape index (κ1) is 20.7. The van der Waals surface area contributed by atoms with Crippen LogP contribution in [0.1, 0.15) is 47.2 Å². The predicted molar refractivity (Wildman–Crippen MR) is 107 cm³/mol. The molecule has 0 bridgehead atoms. The van der Waals surface area contributed by atoms with Gasteiger partial charge in [-0.2, -0.15) is 0 Å². The molecule has 1 saturated carbocycles. The Labute approximate surface area is 171 Å². The van der Waals surface area contributed by atoms with E-state index in [4.69, 9.17) is 9.47 Å². The number of carbonyl (C=O) groups excluding carboxylic acids is 3. The van der Waals surface area contributed by atoms with Crippen LogP contribution in [0.5, 0.6) is 0 Å². The maximum absolute atomic E-state index is 13.1. The molecule has 0 atom stereocenters. The highest BCUT2D eigenvalue weighted by Gasteiger charge is 2.32. The van der Waals surface area contributed by atoms with Crippen molar-refractivity contribution in [3.05, 3.63) is 58.2 Å². The number of thiophene rings is 1. The van der Waals surface area contributed by atoms with Gasteiger partial charge in [0.05, 0.1) is 12.2 Å². The number of hydrogen-bond acceptors (Lipinski definition) is 6. The predicted octanol–water partition coefficient (Wildman–Crippen LogP) is 4.14. The molecule has 2 aromatic rings. The van der Waals surface area contributed by atoms with E-state index < -0.39 is 30.3 Å². The summed E-state index contributed by atoms with van der Waals surface area (Å²) in [7, 11) is 0. The molecule has 0 unspecified atom stereocenters. The first-order chi connectivity index (χ1) is 14.0. The molecule has 152 valence electrons. The summed E-state index contributed by atoms with van der Waals surface area (Å²) in [5.74, 6) is -1.87. The van der Waals surface area contributed by atoms with Crippen LogP contribution >= 0.6 is 11.3 Å². The molecule has 0 spiro atoms. The van der Waals surface area contributed by atoms with Crippen molar-refractivity contribution in [2.45, 2.75) is 25.7 Å². The van der Waals surface area contributed by atoms with E-state index in [0.29, 0.717) is 22.0 Å². The zero-order valence-electron chi connectivity index (χ0n) is 15.8. The van der Waals surface area contributed by atoms with Crippen molar-refractivity contribution < 1.29 is 28.2 Å². The van der Waals surface area contributed by atoms with Gasteiger partial charge in [0.1, 0.15) is 10.8 Å². The second kappa shape index (κ2) is 9.47. The van der Waals surface area contributed by atoms with E-state index in [-0.39, 0.29) is 6.61 Å². The Morgan fingerprint density at radius 2 is 2.07 bits per heavy atom. The summed E-state index contributed by atoms with van der Waals surface area (Å²) in [5.41, 5.74) is 1.76. The van der Waals surface area contributed by atoms with Gasteiger partial charge in [0.25, 0.3) is 5.91 Å². The van der Waals surface area contributed by atoms with E-state index in [1.54, 1.807) is 13.0 Å². The zero-order valence-corrected chi connectivity index (χ0v) is 16.6. The normalized spacial score (nSPS) is 13.3. The Bertz CT molecular complexity index is 948. The van der Waals surface area contributed by atoms with Crippen LogP contribution in [0.2, 0.25) is 0 Å². The van der Waals surface area contributed by atoms with E-state index in [0.717, 1.165) is 24.5 Å². The maximum Gasteiger partial charge on any atom is 0.341 e. The van der Waals surface area contributed by atoms with Gasteiger partial charge in [-0.1, -0.05) is 12.1 Å². The number of nitrogens with one attached hydrogen (secondary N) is 1. The van der Waals surface area contributed by atoms with Crippen molar-refractivity contribution in [2.24, 2.45) is 0 Å². The summed E-state index contributed by atoms with van der Waals surface area (Å²) in [6.07, 6.45) is 4.52. The number of esters is 2. The van der Waals surface area contributed by atoms with Crippen LogP contribution in [-0.4, -0.2) is 31.1 Å². The summed E-state index contributed by atoms with van der Waals surface area (Å²) in [5, 5.41) is 4.86. The summed E-state index contributed by atoms with van der Waals surface area (Å²) in [4.78, 5) is 36.2. The molecule has 1 amide bonds. The van der Waals surface area contributed by atoms with Gasteiger partial charge in [0.15, 0.2) is 6.61 Å². The van der Waals surface area contributed by atoms with Crippen molar-refractivity contribution >= 4 is 40.3 Å². The Morgan fingerprint density at radius 3 is 2.76 bits per heavy atom. The van der Waals surface area contributed by atoms with E-state index in [1.165, 1.54) is 35.6 Å². The van der Waals surface area contributed by atoms with Crippen LogP contribution in [0.3, 0.4) is 0 Å². The number of benzene rings is 1. The van der Waals surface area contributed by atoms with E-state index in [1.807, 2.05) is 5.38 Å². The third-order valence-electron chi connectivity index (χ3n) is 4.18. The lowest BCUT2D eigenvalue weighted by molar-refractivity contribution is -0.142. The second-order valence-corrected chi connectivity index (χ2v) is 7.31. The minimum atomic E-state index is -0.736. The van der Waals surface area contributed by atoms with E-state index in [2.05, 4.69) is 5.32 Å². The molecule has 0 aliphatic heterocycles. The Balaban J connectivity index is 1.57. The molecule has 8 heteroatoms. The molecule has 0 saturated heterocycles. The second-order valence-electron chi connectivity index (χ2n) is 6.43. The van der Waals surface area contributed by atoms with Gasteiger partial charge in [-0.15, -0.1) is 11.3 Å². The van der Waals surface area contributed by atoms with Crippen LogP contribution < -0.4 is 5.32 Å². The summed E-state index contributed by atoms with van der Waals surface area (Å²) < 4.78 is 23.1. The topological polar surface area (TPSA) is 81.7 Å². The fraction of sp³-hybridized carbons (Fsp3) is 0.286. The monoisotopic (exact) mass is 417 g/mol. The first-order valence-corrected chi connectivity index (χ1v) is 10.0. The Kier molecular flexibility index (Phi) is 6.77. The molecule has 1 aromatic heterocycles. The van der Waals surface area contributed by atoms with Gasteiger partial charge in [-0.3, -0.25) is 4.79 Å². The largest absolute Gasteiger partial charge is 0.462 e. The average molecular weight is 417 g/mol. The third-order valence-corrected chi connectivity index (χ3v) is 5.09. The lowest BCUT2D eigenvalue weighted by atomic mass is 10.1. The van der Waals surface area contributed by atoms with Crippen molar-refractivity contribution in [1.29, 1.82) is 0 Å². The van der Waals surface area contributed by atoms with E-state index >= 15 is 0 Å². The van der Waals surface area contributed by atoms with Crippen LogP contribution in [0.15, 0.2) is 35.7 Å². The molecule has 1 heterocycles. The zero-order chi connectivity index (χ0) is 20.8. The highest BCUT2D eigenvalue weighted by atomic mass is 32.1. The molecule has 1 aliphatic carbocycles. The van der Waals surface area contributed by atoms with Crippen molar-refractivity contribution in [2.75, 3.05) is 18.5 Å². The number of hydrogen-bond donors (Lipinski definition) is 1. The molecule has 0 radical (unpaired) electrons. The molecular weight excluding hydrogens is 397 g/mol. The fourth-order valence-corrected chi connectivity index (χ4v) is 3.74. The van der Waals surface area contributed by atoms with Gasteiger partial charge < -0.3 is 14.8 Å². The number of anilines is 1. The smallest absolute Gasteiger partial charge is 0.341 e.